The first-order valence-corrected chi connectivity index (χ1v) is 3.23. The zero-order valence-electron chi connectivity index (χ0n) is 5.72. The van der Waals surface area contributed by atoms with E-state index in [0.29, 0.717) is 5.46 Å². The number of fused-ring (bicyclic) bond motifs is 1. The normalized spacial score (nSPS) is 10.5. The third-order valence-electron chi connectivity index (χ3n) is 1.54. The van der Waals surface area contributed by atoms with Gasteiger partial charge < -0.3 is 9.97 Å². The number of rotatable bonds is 0. The number of aromatic amines is 2. The molecule has 2 N–H and O–H groups in total. The molecular formula is C7H5BN2O. The molecule has 0 unspecified atom stereocenters. The number of benzene rings is 1. The van der Waals surface area contributed by atoms with Gasteiger partial charge in [-0.2, -0.15) is 0 Å². The molecule has 0 saturated carbocycles. The van der Waals surface area contributed by atoms with Crippen LogP contribution in [0.5, 0.6) is 0 Å². The lowest BCUT2D eigenvalue weighted by molar-refractivity contribution is 1.22. The van der Waals surface area contributed by atoms with Crippen LogP contribution in [0.2, 0.25) is 0 Å². The molecule has 4 heteroatoms. The van der Waals surface area contributed by atoms with Gasteiger partial charge in [-0.15, -0.1) is 0 Å². The van der Waals surface area contributed by atoms with Gasteiger partial charge in [0.05, 0.1) is 11.0 Å². The van der Waals surface area contributed by atoms with E-state index in [1.165, 1.54) is 0 Å². The molecule has 0 amide bonds. The summed E-state index contributed by atoms with van der Waals surface area (Å²) in [7, 11) is 5.50. The van der Waals surface area contributed by atoms with Gasteiger partial charge in [0.2, 0.25) is 0 Å². The number of H-pyrrole nitrogens is 2. The van der Waals surface area contributed by atoms with Crippen LogP contribution in [0.25, 0.3) is 11.0 Å². The van der Waals surface area contributed by atoms with Crippen molar-refractivity contribution >= 4 is 24.3 Å². The third-order valence-corrected chi connectivity index (χ3v) is 1.54. The Morgan fingerprint density at radius 1 is 1.18 bits per heavy atom. The van der Waals surface area contributed by atoms with E-state index in [9.17, 15) is 4.79 Å². The van der Waals surface area contributed by atoms with Gasteiger partial charge in [-0.3, -0.25) is 0 Å². The highest BCUT2D eigenvalue weighted by atomic mass is 16.1. The van der Waals surface area contributed by atoms with Gasteiger partial charge in [0.25, 0.3) is 0 Å². The Labute approximate surface area is 63.9 Å². The predicted octanol–water partition coefficient (Wildman–Crippen LogP) is -0.350. The molecule has 1 aromatic heterocycles. The third kappa shape index (κ3) is 0.961. The van der Waals surface area contributed by atoms with Crippen molar-refractivity contribution in [2.24, 2.45) is 0 Å². The van der Waals surface area contributed by atoms with Gasteiger partial charge in [0, 0.05) is 0 Å². The Hall–Kier alpha value is -1.45. The molecule has 0 aliphatic heterocycles. The highest BCUT2D eigenvalue weighted by molar-refractivity contribution is 6.33. The first-order chi connectivity index (χ1) is 5.25. The lowest BCUT2D eigenvalue weighted by Gasteiger charge is -1.89. The zero-order chi connectivity index (χ0) is 7.84. The van der Waals surface area contributed by atoms with Crippen molar-refractivity contribution in [3.05, 3.63) is 28.7 Å². The van der Waals surface area contributed by atoms with Crippen LogP contribution in [-0.2, 0) is 0 Å². The van der Waals surface area contributed by atoms with E-state index in [2.05, 4.69) is 9.97 Å². The Balaban J connectivity index is 2.92. The molecule has 1 heterocycles. The van der Waals surface area contributed by atoms with Crippen molar-refractivity contribution in [1.29, 1.82) is 0 Å². The van der Waals surface area contributed by atoms with Crippen molar-refractivity contribution < 1.29 is 0 Å². The molecule has 0 spiro atoms. The molecule has 0 saturated heterocycles. The maximum absolute atomic E-state index is 10.7. The van der Waals surface area contributed by atoms with Crippen LogP contribution >= 0.6 is 0 Å². The molecule has 2 rings (SSSR count). The molecule has 0 bridgehead atoms. The fourth-order valence-corrected chi connectivity index (χ4v) is 1.05. The largest absolute Gasteiger partial charge is 0.323 e. The van der Waals surface area contributed by atoms with E-state index in [-0.39, 0.29) is 5.69 Å². The molecule has 1 aromatic carbocycles. The smallest absolute Gasteiger partial charge is 0.306 e. The fourth-order valence-electron chi connectivity index (χ4n) is 1.05. The Morgan fingerprint density at radius 3 is 2.73 bits per heavy atom. The monoisotopic (exact) mass is 144 g/mol. The van der Waals surface area contributed by atoms with Crippen LogP contribution in [0.1, 0.15) is 0 Å². The van der Waals surface area contributed by atoms with Crippen molar-refractivity contribution in [3.63, 3.8) is 0 Å². The molecule has 11 heavy (non-hydrogen) atoms. The van der Waals surface area contributed by atoms with Crippen LogP contribution in [0.4, 0.5) is 0 Å². The highest BCUT2D eigenvalue weighted by Gasteiger charge is 1.95. The molecule has 0 aliphatic carbocycles. The molecular weight excluding hydrogens is 139 g/mol. The number of hydrogen-bond donors (Lipinski definition) is 2. The summed E-state index contributed by atoms with van der Waals surface area (Å²) in [5.74, 6) is 0. The maximum atomic E-state index is 10.7. The second-order valence-electron chi connectivity index (χ2n) is 2.38. The van der Waals surface area contributed by atoms with Crippen molar-refractivity contribution in [2.75, 3.05) is 0 Å². The Morgan fingerprint density at radius 2 is 1.91 bits per heavy atom. The van der Waals surface area contributed by atoms with E-state index in [1.54, 1.807) is 18.2 Å². The lowest BCUT2D eigenvalue weighted by Crippen LogP contribution is -2.00. The molecule has 52 valence electrons. The average Bonchev–Trinajstić information content (AvgIpc) is 2.27. The minimum atomic E-state index is -0.203. The second-order valence-corrected chi connectivity index (χ2v) is 2.38. The topological polar surface area (TPSA) is 48.6 Å². The number of hydrogen-bond acceptors (Lipinski definition) is 1. The zero-order valence-corrected chi connectivity index (χ0v) is 5.72. The van der Waals surface area contributed by atoms with E-state index in [4.69, 9.17) is 7.85 Å². The van der Waals surface area contributed by atoms with Crippen LogP contribution in [0.15, 0.2) is 23.0 Å². The molecule has 2 radical (unpaired) electrons. The van der Waals surface area contributed by atoms with E-state index in [1.807, 2.05) is 0 Å². The van der Waals surface area contributed by atoms with E-state index in [0.717, 1.165) is 11.0 Å². The van der Waals surface area contributed by atoms with Gasteiger partial charge in [-0.1, -0.05) is 11.5 Å². The minimum absolute atomic E-state index is 0.203. The minimum Gasteiger partial charge on any atom is -0.306 e. The average molecular weight is 144 g/mol. The van der Waals surface area contributed by atoms with Crippen molar-refractivity contribution in [3.8, 4) is 0 Å². The summed E-state index contributed by atoms with van der Waals surface area (Å²) >= 11 is 0. The summed E-state index contributed by atoms with van der Waals surface area (Å²) in [6, 6.07) is 5.22. The van der Waals surface area contributed by atoms with Gasteiger partial charge in [0.1, 0.15) is 7.85 Å². The first-order valence-electron chi connectivity index (χ1n) is 3.23. The quantitative estimate of drug-likeness (QED) is 0.487. The summed E-state index contributed by atoms with van der Waals surface area (Å²) in [4.78, 5) is 16.0. The number of imidazole rings is 1. The van der Waals surface area contributed by atoms with E-state index < -0.39 is 0 Å². The van der Waals surface area contributed by atoms with E-state index >= 15 is 0 Å². The molecule has 0 aliphatic rings. The van der Waals surface area contributed by atoms with Gasteiger partial charge in [-0.05, 0) is 12.1 Å². The molecule has 0 atom stereocenters. The fraction of sp³-hybridized carbons (Fsp3) is 0. The summed E-state index contributed by atoms with van der Waals surface area (Å²) < 4.78 is 0. The molecule has 3 nitrogen and oxygen atoms in total. The van der Waals surface area contributed by atoms with Gasteiger partial charge >= 0.3 is 5.69 Å². The maximum Gasteiger partial charge on any atom is 0.323 e. The van der Waals surface area contributed by atoms with Crippen LogP contribution in [0, 0.1) is 0 Å². The summed E-state index contributed by atoms with van der Waals surface area (Å²) in [5.41, 5.74) is 1.97. The predicted molar refractivity (Wildman–Crippen MR) is 44.3 cm³/mol. The SMILES string of the molecule is [B]c1ccc2[nH]c(=O)[nH]c2c1. The number of aromatic nitrogens is 2. The van der Waals surface area contributed by atoms with Crippen LogP contribution in [-0.4, -0.2) is 17.8 Å². The summed E-state index contributed by atoms with van der Waals surface area (Å²) in [6.07, 6.45) is 0. The second kappa shape index (κ2) is 2.02. The lowest BCUT2D eigenvalue weighted by atomic mass is 9.96. The summed E-state index contributed by atoms with van der Waals surface area (Å²) in [5, 5.41) is 0. The number of nitrogens with one attached hydrogen (secondary N) is 2. The van der Waals surface area contributed by atoms with Crippen molar-refractivity contribution in [2.45, 2.75) is 0 Å². The summed E-state index contributed by atoms with van der Waals surface area (Å²) in [6.45, 7) is 0. The van der Waals surface area contributed by atoms with Gasteiger partial charge in [0.15, 0.2) is 0 Å². The van der Waals surface area contributed by atoms with Gasteiger partial charge in [-0.25, -0.2) is 4.79 Å². The Kier molecular flexibility index (Phi) is 1.15. The van der Waals surface area contributed by atoms with Crippen LogP contribution in [0.3, 0.4) is 0 Å². The molecule has 0 fully saturated rings. The van der Waals surface area contributed by atoms with Crippen molar-refractivity contribution in [1.82, 2.24) is 9.97 Å². The van der Waals surface area contributed by atoms with Crippen LogP contribution < -0.4 is 11.2 Å². The Bertz CT molecular complexity index is 443. The highest BCUT2D eigenvalue weighted by Crippen LogP contribution is 2.01. The standard InChI is InChI=1S/C7H5BN2O/c8-4-1-2-5-6(3-4)10-7(11)9-5/h1-3H,(H2,9,10,11). The first kappa shape index (κ1) is 6.28. The molecule has 2 aromatic rings.